The maximum Gasteiger partial charge on any atom is 0.0184 e. The smallest absolute Gasteiger partial charge is 0.0184 e. The van der Waals surface area contributed by atoms with Crippen LogP contribution in [0, 0.1) is 6.92 Å². The van der Waals surface area contributed by atoms with E-state index in [1.165, 1.54) is 85.6 Å². The predicted octanol–water partition coefficient (Wildman–Crippen LogP) is 13.7. The highest BCUT2D eigenvalue weighted by molar-refractivity contribution is 5.63. The van der Waals surface area contributed by atoms with Crippen LogP contribution in [0.5, 0.6) is 0 Å². The fourth-order valence-corrected chi connectivity index (χ4v) is 4.03. The van der Waals surface area contributed by atoms with Gasteiger partial charge in [0.2, 0.25) is 0 Å². The molecule has 0 radical (unpaired) electrons. The molecule has 1 heteroatoms. The first kappa shape index (κ1) is 44.2. The highest BCUT2D eigenvalue weighted by Gasteiger charge is 2.01. The maximum atomic E-state index is 4.24. The summed E-state index contributed by atoms with van der Waals surface area (Å²) in [6.45, 7) is 30.5. The lowest BCUT2D eigenvalue weighted by Gasteiger charge is -2.11. The summed E-state index contributed by atoms with van der Waals surface area (Å²) >= 11 is 0. The van der Waals surface area contributed by atoms with E-state index < -0.39 is 0 Å². The van der Waals surface area contributed by atoms with Crippen LogP contribution in [0.15, 0.2) is 67.4 Å². The zero-order chi connectivity index (χ0) is 32.4. The largest absolute Gasteiger partial charge is 0.388 e. The van der Waals surface area contributed by atoms with E-state index in [4.69, 9.17) is 0 Å². The summed E-state index contributed by atoms with van der Waals surface area (Å²) in [6.07, 6.45) is 17.4. The zero-order valence-electron chi connectivity index (χ0n) is 30.1. The quantitative estimate of drug-likeness (QED) is 0.184. The van der Waals surface area contributed by atoms with Gasteiger partial charge in [-0.25, -0.2) is 0 Å². The van der Waals surface area contributed by atoms with Gasteiger partial charge in [0, 0.05) is 12.2 Å². The third-order valence-electron chi connectivity index (χ3n) is 6.50. The Morgan fingerprint density at radius 2 is 1.00 bits per heavy atom. The van der Waals surface area contributed by atoms with Gasteiger partial charge in [-0.05, 0) is 74.1 Å². The average molecular weight is 580 g/mol. The summed E-state index contributed by atoms with van der Waals surface area (Å²) in [5, 5.41) is 3.50. The van der Waals surface area contributed by atoms with Crippen molar-refractivity contribution in [3.05, 3.63) is 89.6 Å². The number of hydrogen-bond donors (Lipinski definition) is 1. The molecule has 0 aromatic heterocycles. The number of hydrogen-bond acceptors (Lipinski definition) is 1. The molecule has 2 aromatic carbocycles. The number of rotatable bonds is 17. The summed E-state index contributed by atoms with van der Waals surface area (Å²) in [5.74, 6) is 0. The van der Waals surface area contributed by atoms with Gasteiger partial charge < -0.3 is 5.32 Å². The lowest BCUT2D eigenvalue weighted by molar-refractivity contribution is 0.684. The molecule has 0 spiro atoms. The Kier molecular flexibility index (Phi) is 36.7. The van der Waals surface area contributed by atoms with Crippen LogP contribution in [0.4, 0.5) is 0 Å². The zero-order valence-corrected chi connectivity index (χ0v) is 30.1. The fourth-order valence-electron chi connectivity index (χ4n) is 4.03. The number of unbranched alkanes of at least 4 members (excludes halogenated alkanes) is 6. The summed E-state index contributed by atoms with van der Waals surface area (Å²) in [5.41, 5.74) is 7.82. The van der Waals surface area contributed by atoms with Crippen LogP contribution in [0.2, 0.25) is 0 Å². The van der Waals surface area contributed by atoms with Crippen molar-refractivity contribution in [1.29, 1.82) is 0 Å². The molecule has 0 saturated carbocycles. The van der Waals surface area contributed by atoms with Crippen LogP contribution in [-0.2, 0) is 12.8 Å². The molecule has 0 fully saturated rings. The van der Waals surface area contributed by atoms with E-state index >= 15 is 0 Å². The SMILES string of the molecule is C=C(CCCCC(=C)c1ccc(C)cc1)NCCc1ccc(CCCCC)cc1.CC.CC.CCC.CCCCCC. The van der Waals surface area contributed by atoms with Gasteiger partial charge in [0.15, 0.2) is 0 Å². The Hall–Kier alpha value is -2.28. The van der Waals surface area contributed by atoms with E-state index in [0.29, 0.717) is 0 Å². The summed E-state index contributed by atoms with van der Waals surface area (Å²) in [4.78, 5) is 0. The Labute approximate surface area is 265 Å². The molecule has 0 saturated heterocycles. The number of allylic oxidation sites excluding steroid dienone is 2. The van der Waals surface area contributed by atoms with Crippen molar-refractivity contribution in [2.45, 2.75) is 159 Å². The average Bonchev–Trinajstić information content (AvgIpc) is 3.02. The second-order valence-electron chi connectivity index (χ2n) is 10.6. The first-order valence-electron chi connectivity index (χ1n) is 17.7. The van der Waals surface area contributed by atoms with Crippen LogP contribution < -0.4 is 5.32 Å². The Bertz CT molecular complexity index is 809. The molecule has 1 nitrogen and oxygen atoms in total. The van der Waals surface area contributed by atoms with Crippen molar-refractivity contribution < 1.29 is 0 Å². The molecule has 0 aliphatic rings. The highest BCUT2D eigenvalue weighted by Crippen LogP contribution is 2.20. The lowest BCUT2D eigenvalue weighted by atomic mass is 10.00. The minimum atomic E-state index is 0.962. The van der Waals surface area contributed by atoms with Crippen molar-refractivity contribution in [3.63, 3.8) is 0 Å². The molecular formula is C41H73N. The van der Waals surface area contributed by atoms with Crippen LogP contribution in [0.3, 0.4) is 0 Å². The molecule has 0 bridgehead atoms. The standard InChI is InChI=1S/C28H39N.C6H14.C3H8.2C2H6/c1-5-6-7-12-26-15-17-27(18-16-26)21-22-29-25(4)11-9-8-10-24(3)28-19-13-23(2)14-20-28;1-3-5-6-4-2;1-3-2;2*1-2/h13-20,29H,3-12,21-22H2,1-2H3;3-6H2,1-2H3;3H2,1-2H3;2*1-2H3. The monoisotopic (exact) mass is 580 g/mol. The second kappa shape index (κ2) is 34.9. The Balaban J connectivity index is -0.000000994. The first-order chi connectivity index (χ1) is 20.4. The van der Waals surface area contributed by atoms with Gasteiger partial charge in [-0.2, -0.15) is 0 Å². The van der Waals surface area contributed by atoms with Crippen LogP contribution in [0.25, 0.3) is 5.57 Å². The third kappa shape index (κ3) is 27.9. The first-order valence-corrected chi connectivity index (χ1v) is 17.7. The minimum absolute atomic E-state index is 0.962. The van der Waals surface area contributed by atoms with Gasteiger partial charge >= 0.3 is 0 Å². The molecule has 0 atom stereocenters. The van der Waals surface area contributed by atoms with Crippen LogP contribution in [-0.4, -0.2) is 6.54 Å². The van der Waals surface area contributed by atoms with Crippen LogP contribution in [0.1, 0.15) is 162 Å². The number of nitrogens with one attached hydrogen (secondary N) is 1. The summed E-state index contributed by atoms with van der Waals surface area (Å²) < 4.78 is 0. The van der Waals surface area contributed by atoms with Gasteiger partial charge in [-0.3, -0.25) is 0 Å². The van der Waals surface area contributed by atoms with Gasteiger partial charge in [0.05, 0.1) is 0 Å². The van der Waals surface area contributed by atoms with Crippen molar-refractivity contribution in [2.24, 2.45) is 0 Å². The fraction of sp³-hybridized carbons (Fsp3) is 0.610. The minimum Gasteiger partial charge on any atom is -0.388 e. The molecule has 0 aliphatic carbocycles. The van der Waals surface area contributed by atoms with Gasteiger partial charge in [0.1, 0.15) is 0 Å². The second-order valence-corrected chi connectivity index (χ2v) is 10.6. The molecule has 242 valence electrons. The van der Waals surface area contributed by atoms with Crippen molar-refractivity contribution >= 4 is 5.57 Å². The highest BCUT2D eigenvalue weighted by atomic mass is 14.9. The van der Waals surface area contributed by atoms with E-state index in [9.17, 15) is 0 Å². The topological polar surface area (TPSA) is 12.0 Å². The number of benzene rings is 2. The molecule has 1 N–H and O–H groups in total. The van der Waals surface area contributed by atoms with E-state index in [-0.39, 0.29) is 0 Å². The van der Waals surface area contributed by atoms with Gasteiger partial charge in [-0.1, -0.05) is 175 Å². The molecule has 0 unspecified atom stereocenters. The lowest BCUT2D eigenvalue weighted by Crippen LogP contribution is -2.16. The van der Waals surface area contributed by atoms with Gasteiger partial charge in [-0.15, -0.1) is 0 Å². The van der Waals surface area contributed by atoms with E-state index in [1.54, 1.807) is 0 Å². The van der Waals surface area contributed by atoms with Gasteiger partial charge in [0.25, 0.3) is 0 Å². The Morgan fingerprint density at radius 3 is 1.48 bits per heavy atom. The van der Waals surface area contributed by atoms with E-state index in [2.05, 4.69) is 109 Å². The summed E-state index contributed by atoms with van der Waals surface area (Å²) in [6, 6.07) is 17.8. The number of aryl methyl sites for hydroxylation is 2. The van der Waals surface area contributed by atoms with Crippen molar-refractivity contribution in [2.75, 3.05) is 6.54 Å². The molecule has 2 rings (SSSR count). The Morgan fingerprint density at radius 1 is 0.571 bits per heavy atom. The van der Waals surface area contributed by atoms with E-state index in [0.717, 1.165) is 44.3 Å². The molecule has 42 heavy (non-hydrogen) atoms. The molecule has 0 aliphatic heterocycles. The molecule has 2 aromatic rings. The van der Waals surface area contributed by atoms with Crippen LogP contribution >= 0.6 is 0 Å². The normalized spacial score (nSPS) is 9.38. The third-order valence-corrected chi connectivity index (χ3v) is 6.50. The molecule has 0 heterocycles. The molecular weight excluding hydrogens is 506 g/mol. The predicted molar refractivity (Wildman–Crippen MR) is 198 cm³/mol. The van der Waals surface area contributed by atoms with E-state index in [1.807, 2.05) is 27.7 Å². The van der Waals surface area contributed by atoms with Crippen molar-refractivity contribution in [3.8, 4) is 0 Å². The summed E-state index contributed by atoms with van der Waals surface area (Å²) in [7, 11) is 0. The maximum absolute atomic E-state index is 4.24. The molecule has 0 amide bonds. The van der Waals surface area contributed by atoms with Crippen molar-refractivity contribution in [1.82, 2.24) is 5.32 Å².